The van der Waals surface area contributed by atoms with Gasteiger partial charge in [0.25, 0.3) is 0 Å². The first kappa shape index (κ1) is 37.0. The molecule has 0 amide bonds. The summed E-state index contributed by atoms with van der Waals surface area (Å²) in [4.78, 5) is 0. The van der Waals surface area contributed by atoms with Gasteiger partial charge in [0.2, 0.25) is 0 Å². The Morgan fingerprint density at radius 1 is 0.455 bits per heavy atom. The van der Waals surface area contributed by atoms with Gasteiger partial charge in [-0.1, -0.05) is 0 Å². The van der Waals surface area contributed by atoms with Gasteiger partial charge in [0.1, 0.15) is 24.7 Å². The number of benzene rings is 2. The summed E-state index contributed by atoms with van der Waals surface area (Å²) in [7, 11) is 4.83. The summed E-state index contributed by atoms with van der Waals surface area (Å²) >= 11 is 0. The van der Waals surface area contributed by atoms with E-state index >= 15 is 0 Å². The first-order valence-corrected chi connectivity index (χ1v) is 14.7. The monoisotopic (exact) mass is 624 g/mol. The summed E-state index contributed by atoms with van der Waals surface area (Å²) in [5, 5.41) is 8.85. The molecule has 0 aromatic heterocycles. The predicted octanol–water partition coefficient (Wildman–Crippen LogP) is 5.02. The van der Waals surface area contributed by atoms with Crippen molar-refractivity contribution in [2.45, 2.75) is 13.8 Å². The van der Waals surface area contributed by atoms with Gasteiger partial charge in [-0.2, -0.15) is 5.11 Å². The summed E-state index contributed by atoms with van der Waals surface area (Å²) < 4.78 is 60.7. The van der Waals surface area contributed by atoms with Crippen LogP contribution in [0.1, 0.15) is 13.8 Å². The molecule has 2 rings (SSSR count). The van der Waals surface area contributed by atoms with Gasteiger partial charge in [-0.3, -0.25) is 0 Å². The van der Waals surface area contributed by atoms with Crippen LogP contribution in [0.2, 0.25) is 0 Å². The molecule has 0 aliphatic heterocycles. The van der Waals surface area contributed by atoms with Crippen LogP contribution in [0.5, 0.6) is 28.7 Å². The molecule has 0 aliphatic rings. The maximum atomic E-state index is 5.96. The minimum Gasteiger partial charge on any atom is -0.494 e. The SMILES string of the molecule is CCOc1ccc(N=Nc2cc(OCCOCCOCCOC)c(OCC)cc2OC)cc1OCCOCCOCCOC. The van der Waals surface area contributed by atoms with Crippen molar-refractivity contribution in [2.75, 3.05) is 114 Å². The highest BCUT2D eigenvalue weighted by Crippen LogP contribution is 2.41. The Bertz CT molecular complexity index is 1060. The van der Waals surface area contributed by atoms with Crippen molar-refractivity contribution in [1.29, 1.82) is 0 Å². The normalized spacial score (nSPS) is 11.2. The Labute approximate surface area is 260 Å². The van der Waals surface area contributed by atoms with Crippen LogP contribution in [0.15, 0.2) is 40.6 Å². The van der Waals surface area contributed by atoms with E-state index in [1.165, 1.54) is 0 Å². The lowest BCUT2D eigenvalue weighted by Gasteiger charge is -2.15. The molecule has 248 valence electrons. The van der Waals surface area contributed by atoms with Crippen LogP contribution in [0, 0.1) is 0 Å². The molecule has 0 bridgehead atoms. The fourth-order valence-electron chi connectivity index (χ4n) is 3.56. The number of ether oxygens (including phenoxy) is 11. The quantitative estimate of drug-likeness (QED) is 0.0982. The standard InChI is InChI=1S/C31H48N2O11/c1-6-41-27-9-8-25(22-29(27)43-20-18-39-16-14-37-12-10-34-3)32-33-26-23-30(31(42-7-2)24-28(26)36-5)44-21-19-40-17-15-38-13-11-35-4/h8-9,22-24H,6-7,10-21H2,1-5H3. The highest BCUT2D eigenvalue weighted by atomic mass is 16.6. The Hall–Kier alpha value is -3.20. The maximum absolute atomic E-state index is 5.96. The van der Waals surface area contributed by atoms with Gasteiger partial charge in [0.05, 0.1) is 92.1 Å². The van der Waals surface area contributed by atoms with Crippen LogP contribution >= 0.6 is 0 Å². The minimum absolute atomic E-state index is 0.311. The third-order valence-electron chi connectivity index (χ3n) is 5.62. The van der Waals surface area contributed by atoms with Gasteiger partial charge in [0, 0.05) is 32.4 Å². The summed E-state index contributed by atoms with van der Waals surface area (Å²) in [5.41, 5.74) is 1.03. The average molecular weight is 625 g/mol. The van der Waals surface area contributed by atoms with Crippen molar-refractivity contribution in [3.63, 3.8) is 0 Å². The van der Waals surface area contributed by atoms with E-state index in [4.69, 9.17) is 52.1 Å². The van der Waals surface area contributed by atoms with E-state index in [2.05, 4.69) is 10.2 Å². The van der Waals surface area contributed by atoms with Gasteiger partial charge < -0.3 is 52.1 Å². The van der Waals surface area contributed by atoms with E-state index in [1.807, 2.05) is 13.8 Å². The lowest BCUT2D eigenvalue weighted by Crippen LogP contribution is -2.12. The maximum Gasteiger partial charge on any atom is 0.165 e. The zero-order valence-corrected chi connectivity index (χ0v) is 26.7. The van der Waals surface area contributed by atoms with Crippen LogP contribution in [-0.4, -0.2) is 114 Å². The molecule has 0 aliphatic carbocycles. The van der Waals surface area contributed by atoms with Gasteiger partial charge in [0.15, 0.2) is 23.0 Å². The molecule has 0 unspecified atom stereocenters. The van der Waals surface area contributed by atoms with Crippen LogP contribution in [-0.2, 0) is 28.4 Å². The predicted molar refractivity (Wildman–Crippen MR) is 164 cm³/mol. The second-order valence-electron chi connectivity index (χ2n) is 8.80. The molecule has 13 nitrogen and oxygen atoms in total. The van der Waals surface area contributed by atoms with E-state index in [0.29, 0.717) is 133 Å². The van der Waals surface area contributed by atoms with Crippen molar-refractivity contribution in [1.82, 2.24) is 0 Å². The molecular weight excluding hydrogens is 576 g/mol. The number of methoxy groups -OCH3 is 3. The Morgan fingerprint density at radius 2 is 0.932 bits per heavy atom. The summed E-state index contributed by atoms with van der Waals surface area (Å²) in [6.45, 7) is 10.2. The summed E-state index contributed by atoms with van der Waals surface area (Å²) in [6, 6.07) is 8.81. The van der Waals surface area contributed by atoms with Crippen molar-refractivity contribution < 1.29 is 52.1 Å². The van der Waals surface area contributed by atoms with Crippen LogP contribution < -0.4 is 23.7 Å². The van der Waals surface area contributed by atoms with E-state index in [1.54, 1.807) is 51.7 Å². The number of hydrogen-bond acceptors (Lipinski definition) is 13. The van der Waals surface area contributed by atoms with E-state index in [9.17, 15) is 0 Å². The minimum atomic E-state index is 0.311. The average Bonchev–Trinajstić information content (AvgIpc) is 3.04. The van der Waals surface area contributed by atoms with Crippen molar-refractivity contribution in [3.05, 3.63) is 30.3 Å². The molecular formula is C31H48N2O11. The molecule has 0 radical (unpaired) electrons. The smallest absolute Gasteiger partial charge is 0.165 e. The molecule has 0 N–H and O–H groups in total. The largest absolute Gasteiger partial charge is 0.494 e. The van der Waals surface area contributed by atoms with Crippen molar-refractivity contribution in [3.8, 4) is 28.7 Å². The van der Waals surface area contributed by atoms with Crippen molar-refractivity contribution >= 4 is 11.4 Å². The molecule has 44 heavy (non-hydrogen) atoms. The molecule has 0 saturated heterocycles. The fraction of sp³-hybridized carbons (Fsp3) is 0.613. The molecule has 2 aromatic rings. The summed E-state index contributed by atoms with van der Waals surface area (Å²) in [6.07, 6.45) is 0. The third-order valence-corrected chi connectivity index (χ3v) is 5.62. The molecule has 13 heteroatoms. The molecule has 2 aromatic carbocycles. The molecule has 0 heterocycles. The van der Waals surface area contributed by atoms with E-state index in [-0.39, 0.29) is 0 Å². The van der Waals surface area contributed by atoms with Gasteiger partial charge in [-0.15, -0.1) is 5.11 Å². The van der Waals surface area contributed by atoms with Crippen molar-refractivity contribution in [2.24, 2.45) is 10.2 Å². The Balaban J connectivity index is 2.01. The van der Waals surface area contributed by atoms with Gasteiger partial charge in [-0.05, 0) is 26.0 Å². The van der Waals surface area contributed by atoms with Gasteiger partial charge >= 0.3 is 0 Å². The summed E-state index contributed by atoms with van der Waals surface area (Å²) in [5.74, 6) is 2.66. The number of nitrogens with zero attached hydrogens (tertiary/aromatic N) is 2. The van der Waals surface area contributed by atoms with Crippen LogP contribution in [0.4, 0.5) is 11.4 Å². The lowest BCUT2D eigenvalue weighted by molar-refractivity contribution is 0.0178. The first-order chi connectivity index (χ1) is 21.7. The van der Waals surface area contributed by atoms with Gasteiger partial charge in [-0.25, -0.2) is 0 Å². The molecule has 0 fully saturated rings. The second kappa shape index (κ2) is 24.2. The number of hydrogen-bond donors (Lipinski definition) is 0. The lowest BCUT2D eigenvalue weighted by atomic mass is 10.2. The third kappa shape index (κ3) is 15.0. The second-order valence-corrected chi connectivity index (χ2v) is 8.80. The molecule has 0 spiro atoms. The highest BCUT2D eigenvalue weighted by Gasteiger charge is 2.14. The van der Waals surface area contributed by atoms with E-state index in [0.717, 1.165) is 0 Å². The zero-order valence-electron chi connectivity index (χ0n) is 26.7. The van der Waals surface area contributed by atoms with Crippen LogP contribution in [0.3, 0.4) is 0 Å². The first-order valence-electron chi connectivity index (χ1n) is 14.7. The topological polar surface area (TPSA) is 126 Å². The zero-order chi connectivity index (χ0) is 31.7. The Kier molecular flexibility index (Phi) is 20.3. The van der Waals surface area contributed by atoms with Crippen LogP contribution in [0.25, 0.3) is 0 Å². The number of azo groups is 1. The number of rotatable bonds is 27. The molecule has 0 atom stereocenters. The Morgan fingerprint density at radius 3 is 1.45 bits per heavy atom. The fourth-order valence-corrected chi connectivity index (χ4v) is 3.56. The molecule has 0 saturated carbocycles. The van der Waals surface area contributed by atoms with E-state index < -0.39 is 0 Å². The highest BCUT2D eigenvalue weighted by molar-refractivity contribution is 5.61.